The fourth-order valence-corrected chi connectivity index (χ4v) is 7.05. The molecule has 2 amide bonds. The Bertz CT molecular complexity index is 1300. The fraction of sp³-hybridized carbons (Fsp3) is 0.517. The standard InChI is InChI=1S/C29H34Cl2FN3O4/c1-28(2,3)13-21-29(16-10-9-14(30)11-18(16)34-27(29)37)22(15-7-6-8-17(31)23(15)32)24(35-21)26(36)33-19-12-20(38-4)25(19)39-5/h6-11,19-22,24-25,35H,12-13H2,1-5H3,(H,33,36)(H,34,37). The number of carbonyl (C=O) groups excluding carboxylic acids is 2. The van der Waals surface area contributed by atoms with Gasteiger partial charge < -0.3 is 25.4 Å². The third kappa shape index (κ3) is 4.64. The van der Waals surface area contributed by atoms with E-state index >= 15 is 4.39 Å². The lowest BCUT2D eigenvalue weighted by molar-refractivity contribution is -0.139. The summed E-state index contributed by atoms with van der Waals surface area (Å²) in [5.74, 6) is -2.19. The number of methoxy groups -OCH3 is 2. The van der Waals surface area contributed by atoms with E-state index in [1.807, 2.05) is 0 Å². The predicted octanol–water partition coefficient (Wildman–Crippen LogP) is 4.80. The topological polar surface area (TPSA) is 88.7 Å². The molecule has 2 aromatic rings. The number of benzene rings is 2. The zero-order valence-electron chi connectivity index (χ0n) is 22.6. The molecule has 7 atom stereocenters. The van der Waals surface area contributed by atoms with E-state index in [4.69, 9.17) is 32.7 Å². The summed E-state index contributed by atoms with van der Waals surface area (Å²) in [5.41, 5.74) is -0.0739. The molecule has 3 aliphatic rings. The number of rotatable bonds is 6. The van der Waals surface area contributed by atoms with E-state index < -0.39 is 29.2 Å². The first-order chi connectivity index (χ1) is 18.4. The zero-order valence-corrected chi connectivity index (χ0v) is 24.1. The molecular weight excluding hydrogens is 544 g/mol. The van der Waals surface area contributed by atoms with Crippen molar-refractivity contribution in [2.24, 2.45) is 5.41 Å². The monoisotopic (exact) mass is 577 g/mol. The molecule has 7 unspecified atom stereocenters. The van der Waals surface area contributed by atoms with Crippen LogP contribution < -0.4 is 16.0 Å². The molecular formula is C29H34Cl2FN3O4. The third-order valence-electron chi connectivity index (χ3n) is 8.37. The number of amides is 2. The Morgan fingerprint density at radius 1 is 1.18 bits per heavy atom. The van der Waals surface area contributed by atoms with Crippen LogP contribution in [0.25, 0.3) is 0 Å². The Labute approximate surface area is 238 Å². The minimum atomic E-state index is -1.30. The molecule has 1 aliphatic carbocycles. The molecule has 7 nitrogen and oxygen atoms in total. The predicted molar refractivity (Wildman–Crippen MR) is 149 cm³/mol. The van der Waals surface area contributed by atoms with Gasteiger partial charge in [0, 0.05) is 36.9 Å². The lowest BCUT2D eigenvalue weighted by Gasteiger charge is -2.43. The Balaban J connectivity index is 1.66. The van der Waals surface area contributed by atoms with Crippen LogP contribution in [0.5, 0.6) is 0 Å². The lowest BCUT2D eigenvalue weighted by Crippen LogP contribution is -2.63. The van der Waals surface area contributed by atoms with Crippen LogP contribution in [0.3, 0.4) is 0 Å². The first-order valence-electron chi connectivity index (χ1n) is 13.1. The summed E-state index contributed by atoms with van der Waals surface area (Å²) in [5, 5.41) is 9.94. The van der Waals surface area contributed by atoms with Crippen molar-refractivity contribution < 1.29 is 23.5 Å². The highest BCUT2D eigenvalue weighted by molar-refractivity contribution is 6.31. The first-order valence-corrected chi connectivity index (χ1v) is 13.9. The largest absolute Gasteiger partial charge is 0.379 e. The SMILES string of the molecule is COC1CC(NC(=O)C2NC(CC(C)(C)C)C3(C(=O)Nc4cc(Cl)ccc43)C2c2cccc(Cl)c2F)C1OC. The van der Waals surface area contributed by atoms with Crippen molar-refractivity contribution in [1.82, 2.24) is 10.6 Å². The summed E-state index contributed by atoms with van der Waals surface area (Å²) in [6, 6.07) is 8.23. The van der Waals surface area contributed by atoms with Gasteiger partial charge in [0.2, 0.25) is 11.8 Å². The highest BCUT2D eigenvalue weighted by atomic mass is 35.5. The molecule has 3 N–H and O–H groups in total. The van der Waals surface area contributed by atoms with Gasteiger partial charge in [0.1, 0.15) is 17.3 Å². The summed E-state index contributed by atoms with van der Waals surface area (Å²) < 4.78 is 26.8. The van der Waals surface area contributed by atoms with Gasteiger partial charge in [0.05, 0.1) is 23.2 Å². The van der Waals surface area contributed by atoms with Gasteiger partial charge in [-0.05, 0) is 47.6 Å². The summed E-state index contributed by atoms with van der Waals surface area (Å²) in [7, 11) is 3.18. The van der Waals surface area contributed by atoms with Gasteiger partial charge in [-0.15, -0.1) is 0 Å². The molecule has 1 saturated carbocycles. The molecule has 0 radical (unpaired) electrons. The molecule has 2 aliphatic heterocycles. The maximum atomic E-state index is 15.8. The third-order valence-corrected chi connectivity index (χ3v) is 8.90. The van der Waals surface area contributed by atoms with E-state index in [0.717, 1.165) is 0 Å². The number of fused-ring (bicyclic) bond motifs is 2. The molecule has 0 aromatic heterocycles. The highest BCUT2D eigenvalue weighted by Crippen LogP contribution is 2.57. The van der Waals surface area contributed by atoms with Gasteiger partial charge in [-0.3, -0.25) is 9.59 Å². The van der Waals surface area contributed by atoms with Crippen LogP contribution in [0.2, 0.25) is 10.0 Å². The van der Waals surface area contributed by atoms with Crippen LogP contribution >= 0.6 is 23.2 Å². The van der Waals surface area contributed by atoms with Gasteiger partial charge >= 0.3 is 0 Å². The van der Waals surface area contributed by atoms with Crippen molar-refractivity contribution in [2.45, 2.75) is 75.3 Å². The van der Waals surface area contributed by atoms with Gasteiger partial charge in [-0.25, -0.2) is 4.39 Å². The molecule has 2 heterocycles. The van der Waals surface area contributed by atoms with E-state index in [9.17, 15) is 9.59 Å². The number of hydrogen-bond acceptors (Lipinski definition) is 5. The maximum Gasteiger partial charge on any atom is 0.238 e. The Morgan fingerprint density at radius 3 is 2.59 bits per heavy atom. The summed E-state index contributed by atoms with van der Waals surface area (Å²) in [6.07, 6.45) is 0.692. The minimum Gasteiger partial charge on any atom is -0.379 e. The van der Waals surface area contributed by atoms with Crippen molar-refractivity contribution in [3.8, 4) is 0 Å². The molecule has 210 valence electrons. The van der Waals surface area contributed by atoms with Gasteiger partial charge in [-0.2, -0.15) is 0 Å². The molecule has 1 spiro atoms. The van der Waals surface area contributed by atoms with Crippen molar-refractivity contribution in [2.75, 3.05) is 19.5 Å². The van der Waals surface area contributed by atoms with E-state index in [1.165, 1.54) is 6.07 Å². The van der Waals surface area contributed by atoms with Crippen LogP contribution in [-0.2, 0) is 24.5 Å². The number of halogens is 3. The Kier molecular flexibility index (Phi) is 7.48. The van der Waals surface area contributed by atoms with Crippen molar-refractivity contribution >= 4 is 40.7 Å². The molecule has 2 aromatic carbocycles. The van der Waals surface area contributed by atoms with E-state index in [-0.39, 0.29) is 46.1 Å². The van der Waals surface area contributed by atoms with Crippen LogP contribution in [-0.4, -0.2) is 56.4 Å². The minimum absolute atomic E-state index is 0.0720. The average Bonchev–Trinajstić information content (AvgIpc) is 3.32. The molecule has 5 rings (SSSR count). The van der Waals surface area contributed by atoms with Gasteiger partial charge in [-0.1, -0.05) is 62.2 Å². The quantitative estimate of drug-likeness (QED) is 0.459. The van der Waals surface area contributed by atoms with Crippen LogP contribution in [0, 0.1) is 11.2 Å². The zero-order chi connectivity index (χ0) is 28.3. The summed E-state index contributed by atoms with van der Waals surface area (Å²) >= 11 is 12.5. The van der Waals surface area contributed by atoms with Gasteiger partial charge in [0.15, 0.2) is 0 Å². The first kappa shape index (κ1) is 28.3. The second-order valence-corrected chi connectivity index (χ2v) is 12.8. The Morgan fingerprint density at radius 2 is 1.92 bits per heavy atom. The number of carbonyl (C=O) groups is 2. The van der Waals surface area contributed by atoms with Crippen LogP contribution in [0.4, 0.5) is 10.1 Å². The normalized spacial score (nSPS) is 31.6. The van der Waals surface area contributed by atoms with Crippen LogP contribution in [0.15, 0.2) is 36.4 Å². The lowest BCUT2D eigenvalue weighted by atomic mass is 9.62. The second-order valence-electron chi connectivity index (χ2n) is 11.9. The van der Waals surface area contributed by atoms with Crippen molar-refractivity contribution in [1.29, 1.82) is 0 Å². The maximum absolute atomic E-state index is 15.8. The number of anilines is 1. The summed E-state index contributed by atoms with van der Waals surface area (Å²) in [4.78, 5) is 28.2. The molecule has 2 fully saturated rings. The summed E-state index contributed by atoms with van der Waals surface area (Å²) in [6.45, 7) is 6.22. The average molecular weight is 579 g/mol. The number of nitrogens with one attached hydrogen (secondary N) is 3. The van der Waals surface area contributed by atoms with Crippen molar-refractivity contribution in [3.63, 3.8) is 0 Å². The Hall–Kier alpha value is -2.23. The molecule has 10 heteroatoms. The second kappa shape index (κ2) is 10.3. The van der Waals surface area contributed by atoms with E-state index in [1.54, 1.807) is 44.6 Å². The van der Waals surface area contributed by atoms with E-state index in [2.05, 4.69) is 36.7 Å². The molecule has 0 bridgehead atoms. The number of hydrogen-bond donors (Lipinski definition) is 3. The van der Waals surface area contributed by atoms with Gasteiger partial charge in [0.25, 0.3) is 0 Å². The highest BCUT2D eigenvalue weighted by Gasteiger charge is 2.66. The molecule has 1 saturated heterocycles. The van der Waals surface area contributed by atoms with E-state index in [0.29, 0.717) is 29.1 Å². The molecule has 39 heavy (non-hydrogen) atoms. The smallest absolute Gasteiger partial charge is 0.238 e. The number of ether oxygens (including phenoxy) is 2. The fourth-order valence-electron chi connectivity index (χ4n) is 6.69. The van der Waals surface area contributed by atoms with Crippen LogP contribution in [0.1, 0.15) is 50.7 Å². The van der Waals surface area contributed by atoms with Crippen molar-refractivity contribution in [3.05, 3.63) is 63.4 Å².